The molecule has 0 amide bonds. The Kier molecular flexibility index (Phi) is 2.86. The third kappa shape index (κ3) is 2.03. The second-order valence-corrected chi connectivity index (χ2v) is 6.18. The van der Waals surface area contributed by atoms with Gasteiger partial charge in [0.25, 0.3) is 0 Å². The first-order chi connectivity index (χ1) is 8.63. The molecule has 1 aromatic heterocycles. The molecule has 1 saturated carbocycles. The number of fused-ring (bicyclic) bond motifs is 1. The zero-order valence-electron chi connectivity index (χ0n) is 11.0. The number of alkyl halides is 1. The lowest BCUT2D eigenvalue weighted by molar-refractivity contribution is 0.462. The molecule has 1 aromatic carbocycles. The van der Waals surface area contributed by atoms with E-state index in [-0.39, 0.29) is 0 Å². The minimum absolute atomic E-state index is 0.485. The standard InChI is InChI=1S/C15H19ClN2/c1-11-4-3-5-12-14(11)17-13(6-9-16)18(12)10-15(2)7-8-15/h3-5H,6-10H2,1-2H3. The minimum atomic E-state index is 0.485. The SMILES string of the molecule is Cc1cccc2c1nc(CCCl)n2CC1(C)CC1. The van der Waals surface area contributed by atoms with Crippen LogP contribution in [0.4, 0.5) is 0 Å². The quantitative estimate of drug-likeness (QED) is 0.764. The maximum absolute atomic E-state index is 5.91. The van der Waals surface area contributed by atoms with Crippen LogP contribution in [0.25, 0.3) is 11.0 Å². The van der Waals surface area contributed by atoms with E-state index in [1.165, 1.54) is 23.9 Å². The third-order valence-electron chi connectivity index (χ3n) is 4.02. The molecular weight excluding hydrogens is 244 g/mol. The number of hydrogen-bond donors (Lipinski definition) is 0. The Labute approximate surface area is 113 Å². The van der Waals surface area contributed by atoms with Crippen molar-refractivity contribution in [3.63, 3.8) is 0 Å². The molecule has 0 spiro atoms. The van der Waals surface area contributed by atoms with E-state index in [1.807, 2.05) is 0 Å². The summed E-state index contributed by atoms with van der Waals surface area (Å²) in [6, 6.07) is 6.43. The Bertz CT molecular complexity index is 581. The summed E-state index contributed by atoms with van der Waals surface area (Å²) >= 11 is 5.91. The Morgan fingerprint density at radius 1 is 1.39 bits per heavy atom. The summed E-state index contributed by atoms with van der Waals surface area (Å²) in [5.74, 6) is 1.78. The summed E-state index contributed by atoms with van der Waals surface area (Å²) in [7, 11) is 0. The molecule has 1 fully saturated rings. The van der Waals surface area contributed by atoms with Gasteiger partial charge in [0.15, 0.2) is 0 Å². The van der Waals surface area contributed by atoms with Crippen LogP contribution < -0.4 is 0 Å². The van der Waals surface area contributed by atoms with E-state index in [9.17, 15) is 0 Å². The van der Waals surface area contributed by atoms with E-state index in [0.29, 0.717) is 11.3 Å². The first-order valence-electron chi connectivity index (χ1n) is 6.64. The molecule has 18 heavy (non-hydrogen) atoms. The van der Waals surface area contributed by atoms with Crippen molar-refractivity contribution in [2.24, 2.45) is 5.41 Å². The molecule has 96 valence electrons. The zero-order valence-corrected chi connectivity index (χ0v) is 11.8. The summed E-state index contributed by atoms with van der Waals surface area (Å²) in [4.78, 5) is 4.79. The van der Waals surface area contributed by atoms with Gasteiger partial charge in [0.05, 0.1) is 11.0 Å². The number of para-hydroxylation sites is 1. The molecule has 0 aliphatic heterocycles. The number of hydrogen-bond acceptors (Lipinski definition) is 1. The fourth-order valence-corrected chi connectivity index (χ4v) is 2.71. The molecule has 3 rings (SSSR count). The highest BCUT2D eigenvalue weighted by atomic mass is 35.5. The third-order valence-corrected chi connectivity index (χ3v) is 4.21. The highest BCUT2D eigenvalue weighted by molar-refractivity contribution is 6.17. The topological polar surface area (TPSA) is 17.8 Å². The van der Waals surface area contributed by atoms with Crippen LogP contribution in [-0.4, -0.2) is 15.4 Å². The van der Waals surface area contributed by atoms with Crippen molar-refractivity contribution in [1.29, 1.82) is 0 Å². The molecule has 2 nitrogen and oxygen atoms in total. The smallest absolute Gasteiger partial charge is 0.111 e. The monoisotopic (exact) mass is 262 g/mol. The van der Waals surface area contributed by atoms with Crippen molar-refractivity contribution < 1.29 is 0 Å². The largest absolute Gasteiger partial charge is 0.327 e. The molecule has 1 aliphatic rings. The summed E-state index contributed by atoms with van der Waals surface area (Å²) < 4.78 is 2.39. The number of imidazole rings is 1. The van der Waals surface area contributed by atoms with E-state index in [0.717, 1.165) is 24.3 Å². The normalized spacial score (nSPS) is 17.3. The molecular formula is C15H19ClN2. The highest BCUT2D eigenvalue weighted by Crippen LogP contribution is 2.47. The van der Waals surface area contributed by atoms with Gasteiger partial charge in [-0.25, -0.2) is 4.98 Å². The lowest BCUT2D eigenvalue weighted by Crippen LogP contribution is -2.11. The molecule has 0 unspecified atom stereocenters. The molecule has 1 aliphatic carbocycles. The van der Waals surface area contributed by atoms with E-state index in [2.05, 4.69) is 36.6 Å². The highest BCUT2D eigenvalue weighted by Gasteiger charge is 2.38. The Morgan fingerprint density at radius 3 is 2.83 bits per heavy atom. The molecule has 0 atom stereocenters. The van der Waals surface area contributed by atoms with Crippen LogP contribution in [0.5, 0.6) is 0 Å². The molecule has 0 bridgehead atoms. The van der Waals surface area contributed by atoms with Gasteiger partial charge in [0.1, 0.15) is 5.82 Å². The van der Waals surface area contributed by atoms with E-state index in [4.69, 9.17) is 16.6 Å². The molecule has 3 heteroatoms. The molecule has 0 radical (unpaired) electrons. The lowest BCUT2D eigenvalue weighted by atomic mass is 10.1. The van der Waals surface area contributed by atoms with Crippen LogP contribution in [0.15, 0.2) is 18.2 Å². The fourth-order valence-electron chi connectivity index (χ4n) is 2.54. The van der Waals surface area contributed by atoms with E-state index >= 15 is 0 Å². The van der Waals surface area contributed by atoms with Gasteiger partial charge in [-0.15, -0.1) is 11.6 Å². The van der Waals surface area contributed by atoms with Gasteiger partial charge in [-0.05, 0) is 36.8 Å². The molecule has 0 N–H and O–H groups in total. The van der Waals surface area contributed by atoms with Crippen LogP contribution in [0.1, 0.15) is 31.2 Å². The number of halogens is 1. The van der Waals surface area contributed by atoms with Gasteiger partial charge in [-0.3, -0.25) is 0 Å². The van der Waals surface area contributed by atoms with E-state index < -0.39 is 0 Å². The van der Waals surface area contributed by atoms with Crippen molar-refractivity contribution in [2.75, 3.05) is 5.88 Å². The lowest BCUT2D eigenvalue weighted by Gasteiger charge is -2.13. The summed E-state index contributed by atoms with van der Waals surface area (Å²) in [6.07, 6.45) is 3.52. The van der Waals surface area contributed by atoms with Gasteiger partial charge in [0, 0.05) is 18.8 Å². The molecule has 1 heterocycles. The van der Waals surface area contributed by atoms with Crippen LogP contribution in [0, 0.1) is 12.3 Å². The summed E-state index contributed by atoms with van der Waals surface area (Å²) in [6.45, 7) is 5.57. The first-order valence-corrected chi connectivity index (χ1v) is 7.17. The predicted octanol–water partition coefficient (Wildman–Crippen LogP) is 3.93. The van der Waals surface area contributed by atoms with Gasteiger partial charge in [-0.1, -0.05) is 19.1 Å². The first kappa shape index (κ1) is 12.0. The number of nitrogens with zero attached hydrogens (tertiary/aromatic N) is 2. The van der Waals surface area contributed by atoms with Crippen molar-refractivity contribution in [1.82, 2.24) is 9.55 Å². The Morgan fingerprint density at radius 2 is 2.17 bits per heavy atom. The van der Waals surface area contributed by atoms with Crippen molar-refractivity contribution >= 4 is 22.6 Å². The van der Waals surface area contributed by atoms with Gasteiger partial charge in [-0.2, -0.15) is 0 Å². The Hall–Kier alpha value is -1.02. The van der Waals surface area contributed by atoms with Crippen LogP contribution in [0.2, 0.25) is 0 Å². The second-order valence-electron chi connectivity index (χ2n) is 5.81. The predicted molar refractivity (Wildman–Crippen MR) is 76.2 cm³/mol. The average molecular weight is 263 g/mol. The zero-order chi connectivity index (χ0) is 12.8. The van der Waals surface area contributed by atoms with Crippen LogP contribution in [0.3, 0.4) is 0 Å². The van der Waals surface area contributed by atoms with Gasteiger partial charge in [0.2, 0.25) is 0 Å². The van der Waals surface area contributed by atoms with Crippen molar-refractivity contribution in [2.45, 2.75) is 39.7 Å². The maximum Gasteiger partial charge on any atom is 0.111 e. The number of aryl methyl sites for hydroxylation is 2. The van der Waals surface area contributed by atoms with Crippen molar-refractivity contribution in [3.8, 4) is 0 Å². The van der Waals surface area contributed by atoms with Gasteiger partial charge < -0.3 is 4.57 Å². The van der Waals surface area contributed by atoms with Gasteiger partial charge >= 0.3 is 0 Å². The maximum atomic E-state index is 5.91. The molecule has 0 saturated heterocycles. The average Bonchev–Trinajstić information content (AvgIpc) is 2.96. The van der Waals surface area contributed by atoms with Crippen molar-refractivity contribution in [3.05, 3.63) is 29.6 Å². The van der Waals surface area contributed by atoms with Crippen LogP contribution >= 0.6 is 11.6 Å². The summed E-state index contributed by atoms with van der Waals surface area (Å²) in [5.41, 5.74) is 4.14. The Balaban J connectivity index is 2.12. The minimum Gasteiger partial charge on any atom is -0.327 e. The number of aromatic nitrogens is 2. The second kappa shape index (κ2) is 4.27. The van der Waals surface area contributed by atoms with Crippen LogP contribution in [-0.2, 0) is 13.0 Å². The van der Waals surface area contributed by atoms with E-state index in [1.54, 1.807) is 0 Å². The summed E-state index contributed by atoms with van der Waals surface area (Å²) in [5, 5.41) is 0. The fraction of sp³-hybridized carbons (Fsp3) is 0.533. The number of benzene rings is 1. The molecule has 2 aromatic rings. The number of rotatable bonds is 4.